The lowest BCUT2D eigenvalue weighted by Gasteiger charge is -2.08. The fourth-order valence-corrected chi connectivity index (χ4v) is 7.63. The Morgan fingerprint density at radius 3 is 1.20 bits per heavy atom. The van der Waals surface area contributed by atoms with E-state index >= 15 is 0 Å². The van der Waals surface area contributed by atoms with Crippen molar-refractivity contribution in [3.8, 4) is 0 Å². The summed E-state index contributed by atoms with van der Waals surface area (Å²) in [4.78, 5) is 5.20. The van der Waals surface area contributed by atoms with Gasteiger partial charge in [-0.1, -0.05) is 230 Å². The third-order valence-corrected chi connectivity index (χ3v) is 10.9. The van der Waals surface area contributed by atoms with Crippen LogP contribution in [0.25, 0.3) is 0 Å². The predicted molar refractivity (Wildman–Crippen MR) is 219 cm³/mol. The van der Waals surface area contributed by atoms with E-state index in [1.165, 1.54) is 223 Å². The molecule has 1 aromatic heterocycles. The van der Waals surface area contributed by atoms with Gasteiger partial charge in [-0.15, -0.1) is 0 Å². The molecule has 49 heavy (non-hydrogen) atoms. The van der Waals surface area contributed by atoms with Gasteiger partial charge in [0.2, 0.25) is 0 Å². The monoisotopic (exact) mass is 677 g/mol. The smallest absolute Gasteiger partial charge is 0.108 e. The van der Waals surface area contributed by atoms with Crippen molar-refractivity contribution < 1.29 is 0 Å². The molecule has 0 atom stereocenters. The second-order valence-electron chi connectivity index (χ2n) is 15.7. The third kappa shape index (κ3) is 26.0. The molecule has 0 N–H and O–H groups in total. The van der Waals surface area contributed by atoms with Gasteiger partial charge in [-0.2, -0.15) is 0 Å². The Hall–Kier alpha value is -1.57. The fraction of sp³-hybridized carbons (Fsp3) is 0.809. The van der Waals surface area contributed by atoms with Gasteiger partial charge in [0.1, 0.15) is 5.82 Å². The molecule has 1 heterocycles. The molecule has 0 aliphatic rings. The summed E-state index contributed by atoms with van der Waals surface area (Å²) in [7, 11) is 0. The Labute approximate surface area is 307 Å². The molecule has 0 fully saturated rings. The standard InChI is InChI=1S/C47H84N2/c1-3-5-7-9-11-13-15-17-19-20-21-22-24-26-28-30-35-42-47-48-46(41-37-40-45-38-33-32-34-39-45)44-49(47)43-36-31-29-27-25-23-18-16-14-12-10-8-6-4-2/h32-34,38-39,44H,3-31,35-37,40-43H2,1-2H3. The van der Waals surface area contributed by atoms with Crippen molar-refractivity contribution in [1.29, 1.82) is 0 Å². The van der Waals surface area contributed by atoms with Gasteiger partial charge in [-0.3, -0.25) is 0 Å². The van der Waals surface area contributed by atoms with Crippen molar-refractivity contribution in [3.05, 3.63) is 53.6 Å². The first kappa shape index (κ1) is 43.6. The minimum atomic E-state index is 1.10. The van der Waals surface area contributed by atoms with Crippen molar-refractivity contribution in [3.63, 3.8) is 0 Å². The lowest BCUT2D eigenvalue weighted by molar-refractivity contribution is 0.514. The molecule has 282 valence electrons. The summed E-state index contributed by atoms with van der Waals surface area (Å²) in [6.07, 6.45) is 51.4. The van der Waals surface area contributed by atoms with Gasteiger partial charge in [-0.05, 0) is 37.7 Å². The molecule has 0 spiro atoms. The van der Waals surface area contributed by atoms with E-state index in [0.717, 1.165) is 25.8 Å². The molecule has 0 unspecified atom stereocenters. The molecule has 0 bridgehead atoms. The molecule has 2 nitrogen and oxygen atoms in total. The Morgan fingerprint density at radius 1 is 0.388 bits per heavy atom. The van der Waals surface area contributed by atoms with Gasteiger partial charge in [-0.25, -0.2) is 4.98 Å². The van der Waals surface area contributed by atoms with Crippen LogP contribution in [0.5, 0.6) is 0 Å². The van der Waals surface area contributed by atoms with Crippen molar-refractivity contribution >= 4 is 0 Å². The first-order valence-corrected chi connectivity index (χ1v) is 22.4. The Kier molecular flexibility index (Phi) is 29.9. The molecule has 0 radical (unpaired) electrons. The molecule has 0 saturated heterocycles. The molecule has 0 aliphatic carbocycles. The molecule has 2 heteroatoms. The highest BCUT2D eigenvalue weighted by atomic mass is 15.1. The summed E-state index contributed by atoms with van der Waals surface area (Å²) in [5.41, 5.74) is 2.77. The van der Waals surface area contributed by atoms with E-state index in [0.29, 0.717) is 0 Å². The van der Waals surface area contributed by atoms with Crippen LogP contribution in [0.2, 0.25) is 0 Å². The summed E-state index contributed by atoms with van der Waals surface area (Å²) >= 11 is 0. The van der Waals surface area contributed by atoms with Crippen LogP contribution in [0, 0.1) is 0 Å². The fourth-order valence-electron chi connectivity index (χ4n) is 7.63. The predicted octanol–water partition coefficient (Wildman–Crippen LogP) is 15.7. The minimum absolute atomic E-state index is 1.10. The van der Waals surface area contributed by atoms with Crippen molar-refractivity contribution in [1.82, 2.24) is 9.55 Å². The second kappa shape index (κ2) is 33.6. The number of unbranched alkanes of at least 4 members (excludes halogenated alkanes) is 29. The highest BCUT2D eigenvalue weighted by Crippen LogP contribution is 2.18. The van der Waals surface area contributed by atoms with Crippen molar-refractivity contribution in [2.24, 2.45) is 0 Å². The van der Waals surface area contributed by atoms with E-state index in [-0.39, 0.29) is 0 Å². The number of nitrogens with zero attached hydrogens (tertiary/aromatic N) is 2. The molecule has 2 rings (SSSR count). The largest absolute Gasteiger partial charge is 0.335 e. The summed E-state index contributed by atoms with van der Waals surface area (Å²) in [5.74, 6) is 1.37. The van der Waals surface area contributed by atoms with E-state index in [2.05, 4.69) is 54.9 Å². The van der Waals surface area contributed by atoms with Crippen LogP contribution in [0.15, 0.2) is 36.5 Å². The zero-order valence-corrected chi connectivity index (χ0v) is 33.3. The summed E-state index contributed by atoms with van der Waals surface area (Å²) in [5, 5.41) is 0. The number of benzene rings is 1. The first-order chi connectivity index (χ1) is 24.3. The second-order valence-corrected chi connectivity index (χ2v) is 15.7. The van der Waals surface area contributed by atoms with E-state index in [1.54, 1.807) is 0 Å². The summed E-state index contributed by atoms with van der Waals surface area (Å²) in [6.45, 7) is 5.78. The number of aromatic nitrogens is 2. The maximum absolute atomic E-state index is 5.20. The van der Waals surface area contributed by atoms with E-state index in [9.17, 15) is 0 Å². The van der Waals surface area contributed by atoms with E-state index < -0.39 is 0 Å². The number of aryl methyl sites for hydroxylation is 4. The molecular formula is C47H84N2. The maximum Gasteiger partial charge on any atom is 0.108 e. The van der Waals surface area contributed by atoms with Gasteiger partial charge in [0.15, 0.2) is 0 Å². The van der Waals surface area contributed by atoms with Gasteiger partial charge >= 0.3 is 0 Å². The maximum atomic E-state index is 5.20. The van der Waals surface area contributed by atoms with Crippen LogP contribution in [0.4, 0.5) is 0 Å². The van der Waals surface area contributed by atoms with Gasteiger partial charge in [0, 0.05) is 19.2 Å². The van der Waals surface area contributed by atoms with Gasteiger partial charge in [0.05, 0.1) is 5.69 Å². The number of hydrogen-bond donors (Lipinski definition) is 0. The molecule has 1 aromatic carbocycles. The topological polar surface area (TPSA) is 17.8 Å². The Balaban J connectivity index is 1.55. The number of hydrogen-bond acceptors (Lipinski definition) is 1. The lowest BCUT2D eigenvalue weighted by atomic mass is 10.0. The zero-order chi connectivity index (χ0) is 34.7. The van der Waals surface area contributed by atoms with Crippen LogP contribution in [0.1, 0.15) is 236 Å². The molecule has 0 saturated carbocycles. The van der Waals surface area contributed by atoms with Crippen LogP contribution in [0.3, 0.4) is 0 Å². The van der Waals surface area contributed by atoms with Crippen LogP contribution >= 0.6 is 0 Å². The third-order valence-electron chi connectivity index (χ3n) is 10.9. The Bertz CT molecular complexity index is 931. The number of rotatable bonds is 37. The molecular weight excluding hydrogens is 593 g/mol. The van der Waals surface area contributed by atoms with Crippen LogP contribution in [-0.4, -0.2) is 9.55 Å². The summed E-state index contributed by atoms with van der Waals surface area (Å²) < 4.78 is 2.55. The van der Waals surface area contributed by atoms with E-state index in [4.69, 9.17) is 4.98 Å². The Morgan fingerprint density at radius 2 is 0.776 bits per heavy atom. The van der Waals surface area contributed by atoms with Crippen molar-refractivity contribution in [2.45, 2.75) is 245 Å². The average molecular weight is 677 g/mol. The highest BCUT2D eigenvalue weighted by Gasteiger charge is 2.09. The quantitative estimate of drug-likeness (QED) is 0.0651. The highest BCUT2D eigenvalue weighted by molar-refractivity contribution is 5.15. The minimum Gasteiger partial charge on any atom is -0.335 e. The number of imidazole rings is 1. The SMILES string of the molecule is CCCCCCCCCCCCCCCCCCCc1nc(CCCc2ccccc2)cn1CCCCCCCCCCCCCCCC. The molecule has 2 aromatic rings. The summed E-state index contributed by atoms with van der Waals surface area (Å²) in [6, 6.07) is 11.0. The molecule has 0 aliphatic heterocycles. The van der Waals surface area contributed by atoms with Crippen LogP contribution in [-0.2, 0) is 25.8 Å². The van der Waals surface area contributed by atoms with Crippen molar-refractivity contribution in [2.75, 3.05) is 0 Å². The van der Waals surface area contributed by atoms with E-state index in [1.807, 2.05) is 0 Å². The normalized spacial score (nSPS) is 11.6. The van der Waals surface area contributed by atoms with Gasteiger partial charge < -0.3 is 4.57 Å². The van der Waals surface area contributed by atoms with Crippen LogP contribution < -0.4 is 0 Å². The zero-order valence-electron chi connectivity index (χ0n) is 33.3. The lowest BCUT2D eigenvalue weighted by Crippen LogP contribution is -2.03. The first-order valence-electron chi connectivity index (χ1n) is 22.4. The molecule has 0 amide bonds. The van der Waals surface area contributed by atoms with Gasteiger partial charge in [0.25, 0.3) is 0 Å². The average Bonchev–Trinajstić information content (AvgIpc) is 3.51.